The summed E-state index contributed by atoms with van der Waals surface area (Å²) >= 11 is 3.06. The van der Waals surface area contributed by atoms with E-state index in [-0.39, 0.29) is 28.4 Å². The van der Waals surface area contributed by atoms with Gasteiger partial charge in [-0.2, -0.15) is 0 Å². The summed E-state index contributed by atoms with van der Waals surface area (Å²) in [6, 6.07) is 3.96. The number of nitrogens with zero attached hydrogens (tertiary/aromatic N) is 4. The molecule has 0 unspecified atom stereocenters. The first kappa shape index (κ1) is 18.2. The predicted molar refractivity (Wildman–Crippen MR) is 88.9 cm³/mol. The molecule has 138 valence electrons. The van der Waals surface area contributed by atoms with Crippen LogP contribution in [0.15, 0.2) is 36.6 Å². The molecular weight excluding hydrogens is 417 g/mol. The Labute approximate surface area is 153 Å². The smallest absolute Gasteiger partial charge is 0.396 e. The summed E-state index contributed by atoms with van der Waals surface area (Å²) in [6.45, 7) is 0.377. The Morgan fingerprint density at radius 3 is 2.92 bits per heavy atom. The summed E-state index contributed by atoms with van der Waals surface area (Å²) in [4.78, 5) is 17.2. The first-order chi connectivity index (χ1) is 12.6. The van der Waals surface area contributed by atoms with E-state index in [1.165, 1.54) is 18.2 Å². The highest BCUT2D eigenvalue weighted by Gasteiger charge is 2.23. The minimum atomic E-state index is -0.795. The molecule has 0 aliphatic heterocycles. The molecule has 0 aliphatic carbocycles. The zero-order valence-electron chi connectivity index (χ0n) is 13.2. The van der Waals surface area contributed by atoms with Gasteiger partial charge in [-0.05, 0) is 57.3 Å². The van der Waals surface area contributed by atoms with Gasteiger partial charge in [0.1, 0.15) is 5.82 Å². The van der Waals surface area contributed by atoms with Crippen LogP contribution in [0.25, 0.3) is 17.2 Å². The number of aliphatic hydroxyl groups excluding tert-OH is 1. The standard InChI is InChI=1S/C14H13BrFN5O5/c15-9-7-8(3-4-10(9)16)21-13(20-25-14(21)23)11-12(19-26-17-11)18-24-6-2-1-5-22/h3-4,7,22H,1-2,5-6H2,(H,18,19). The minimum absolute atomic E-state index is 0.00350. The van der Waals surface area contributed by atoms with Gasteiger partial charge in [0.15, 0.2) is 0 Å². The van der Waals surface area contributed by atoms with Gasteiger partial charge in [0.2, 0.25) is 17.3 Å². The van der Waals surface area contributed by atoms with Crippen molar-refractivity contribution in [3.05, 3.63) is 39.0 Å². The first-order valence-corrected chi connectivity index (χ1v) is 8.27. The van der Waals surface area contributed by atoms with Gasteiger partial charge in [-0.1, -0.05) is 5.16 Å². The topological polar surface area (TPSA) is 128 Å². The van der Waals surface area contributed by atoms with Crippen LogP contribution in [0.5, 0.6) is 0 Å². The summed E-state index contributed by atoms with van der Waals surface area (Å²) in [7, 11) is 0. The average Bonchev–Trinajstić information content (AvgIpc) is 3.23. The lowest BCUT2D eigenvalue weighted by molar-refractivity contribution is 0.174. The van der Waals surface area contributed by atoms with Crippen molar-refractivity contribution in [2.75, 3.05) is 18.7 Å². The molecule has 2 heterocycles. The Kier molecular flexibility index (Phi) is 5.75. The number of benzene rings is 1. The third kappa shape index (κ3) is 3.81. The maximum atomic E-state index is 13.5. The Morgan fingerprint density at radius 2 is 2.15 bits per heavy atom. The number of halogens is 2. The molecule has 0 saturated heterocycles. The van der Waals surface area contributed by atoms with Crippen LogP contribution in [0.3, 0.4) is 0 Å². The lowest BCUT2D eigenvalue weighted by Gasteiger charge is -2.06. The van der Waals surface area contributed by atoms with Gasteiger partial charge in [0.05, 0.1) is 16.8 Å². The third-order valence-electron chi connectivity index (χ3n) is 3.29. The highest BCUT2D eigenvalue weighted by molar-refractivity contribution is 9.10. The minimum Gasteiger partial charge on any atom is -0.396 e. The molecule has 0 fully saturated rings. The van der Waals surface area contributed by atoms with Crippen molar-refractivity contribution < 1.29 is 23.5 Å². The van der Waals surface area contributed by atoms with Crippen molar-refractivity contribution >= 4 is 21.7 Å². The SMILES string of the molecule is O=c1onc(-c2nonc2NOCCCCO)n1-c1ccc(F)c(Br)c1. The van der Waals surface area contributed by atoms with E-state index in [9.17, 15) is 9.18 Å². The number of anilines is 1. The van der Waals surface area contributed by atoms with E-state index in [2.05, 4.69) is 41.5 Å². The highest BCUT2D eigenvalue weighted by Crippen LogP contribution is 2.26. The Hall–Kier alpha value is -2.57. The molecule has 2 aromatic heterocycles. The van der Waals surface area contributed by atoms with Gasteiger partial charge < -0.3 is 5.11 Å². The zero-order chi connectivity index (χ0) is 18.5. The van der Waals surface area contributed by atoms with Crippen molar-refractivity contribution in [1.82, 2.24) is 20.0 Å². The molecule has 12 heteroatoms. The van der Waals surface area contributed by atoms with E-state index in [1.54, 1.807) is 0 Å². The normalized spacial score (nSPS) is 11.0. The molecule has 0 atom stereocenters. The van der Waals surface area contributed by atoms with Gasteiger partial charge in [-0.25, -0.2) is 23.9 Å². The Morgan fingerprint density at radius 1 is 1.31 bits per heavy atom. The van der Waals surface area contributed by atoms with Crippen LogP contribution in [-0.2, 0) is 4.84 Å². The van der Waals surface area contributed by atoms with Crippen LogP contribution in [0.4, 0.5) is 10.2 Å². The molecule has 0 bridgehead atoms. The molecule has 26 heavy (non-hydrogen) atoms. The van der Waals surface area contributed by atoms with E-state index in [0.29, 0.717) is 25.1 Å². The maximum Gasteiger partial charge on any atom is 0.446 e. The number of hydrogen-bond acceptors (Lipinski definition) is 9. The van der Waals surface area contributed by atoms with E-state index >= 15 is 0 Å². The van der Waals surface area contributed by atoms with Crippen molar-refractivity contribution in [3.8, 4) is 17.2 Å². The maximum absolute atomic E-state index is 13.5. The average molecular weight is 430 g/mol. The molecular formula is C14H13BrFN5O5. The van der Waals surface area contributed by atoms with Gasteiger partial charge in [-0.15, -0.1) is 0 Å². The fraction of sp³-hybridized carbons (Fsp3) is 0.286. The summed E-state index contributed by atoms with van der Waals surface area (Å²) in [5.74, 6) is -1.20. The van der Waals surface area contributed by atoms with Crippen molar-refractivity contribution in [1.29, 1.82) is 0 Å². The fourth-order valence-corrected chi connectivity index (χ4v) is 2.43. The van der Waals surface area contributed by atoms with Gasteiger partial charge in [0, 0.05) is 6.61 Å². The molecule has 0 amide bonds. The van der Waals surface area contributed by atoms with E-state index in [4.69, 9.17) is 14.5 Å². The molecule has 3 aromatic rings. The van der Waals surface area contributed by atoms with Crippen LogP contribution in [0.1, 0.15) is 12.8 Å². The molecule has 10 nitrogen and oxygen atoms in total. The number of aliphatic hydroxyl groups is 1. The van der Waals surface area contributed by atoms with E-state index in [0.717, 1.165) is 4.57 Å². The van der Waals surface area contributed by atoms with Crippen molar-refractivity contribution in [2.45, 2.75) is 12.8 Å². The fourth-order valence-electron chi connectivity index (χ4n) is 2.06. The molecule has 0 radical (unpaired) electrons. The van der Waals surface area contributed by atoms with Gasteiger partial charge in [0.25, 0.3) is 0 Å². The summed E-state index contributed by atoms with van der Waals surface area (Å²) in [6.07, 6.45) is 1.22. The number of nitrogens with one attached hydrogen (secondary N) is 1. The van der Waals surface area contributed by atoms with Crippen molar-refractivity contribution in [3.63, 3.8) is 0 Å². The second-order valence-electron chi connectivity index (χ2n) is 5.05. The summed E-state index contributed by atoms with van der Waals surface area (Å²) in [5.41, 5.74) is 2.91. The van der Waals surface area contributed by atoms with E-state index in [1.807, 2.05) is 0 Å². The molecule has 3 rings (SSSR count). The van der Waals surface area contributed by atoms with E-state index < -0.39 is 11.6 Å². The van der Waals surface area contributed by atoms with Crippen LogP contribution in [0.2, 0.25) is 0 Å². The number of rotatable bonds is 8. The second-order valence-corrected chi connectivity index (χ2v) is 5.90. The lowest BCUT2D eigenvalue weighted by Crippen LogP contribution is -2.14. The van der Waals surface area contributed by atoms with Crippen LogP contribution in [0, 0.1) is 5.82 Å². The molecule has 0 saturated carbocycles. The quantitative estimate of drug-likeness (QED) is 0.407. The van der Waals surface area contributed by atoms with Crippen molar-refractivity contribution in [2.24, 2.45) is 0 Å². The Bertz CT molecular complexity index is 940. The molecule has 0 spiro atoms. The molecule has 0 aliphatic rings. The Balaban J connectivity index is 1.88. The summed E-state index contributed by atoms with van der Waals surface area (Å²) < 4.78 is 24.1. The van der Waals surface area contributed by atoms with Crippen LogP contribution < -0.4 is 11.2 Å². The molecule has 1 aromatic carbocycles. The van der Waals surface area contributed by atoms with Gasteiger partial charge in [-0.3, -0.25) is 9.36 Å². The monoisotopic (exact) mass is 429 g/mol. The first-order valence-electron chi connectivity index (χ1n) is 7.47. The van der Waals surface area contributed by atoms with Gasteiger partial charge >= 0.3 is 5.76 Å². The number of hydrogen-bond donors (Lipinski definition) is 2. The van der Waals surface area contributed by atoms with Crippen LogP contribution >= 0.6 is 15.9 Å². The number of unbranched alkanes of at least 4 members (excludes halogenated alkanes) is 1. The number of aromatic nitrogens is 4. The molecule has 2 N–H and O–H groups in total. The highest BCUT2D eigenvalue weighted by atomic mass is 79.9. The zero-order valence-corrected chi connectivity index (χ0v) is 14.8. The lowest BCUT2D eigenvalue weighted by atomic mass is 10.3. The predicted octanol–water partition coefficient (Wildman–Crippen LogP) is 1.89. The van der Waals surface area contributed by atoms with Crippen LogP contribution in [-0.4, -0.2) is 38.4 Å². The summed E-state index contributed by atoms with van der Waals surface area (Å²) in [5, 5.41) is 19.8. The second kappa shape index (κ2) is 8.21. The largest absolute Gasteiger partial charge is 0.446 e. The third-order valence-corrected chi connectivity index (χ3v) is 3.90.